The van der Waals surface area contributed by atoms with Crippen molar-refractivity contribution in [2.75, 3.05) is 0 Å². The van der Waals surface area contributed by atoms with Gasteiger partial charge in [0.15, 0.2) is 0 Å². The Morgan fingerprint density at radius 2 is 2.21 bits per heavy atom. The number of esters is 1. The van der Waals surface area contributed by atoms with Crippen LogP contribution >= 0.6 is 0 Å². The van der Waals surface area contributed by atoms with Crippen LogP contribution in [0, 0.1) is 11.3 Å². The fourth-order valence-corrected chi connectivity index (χ4v) is 2.66. The Hall–Kier alpha value is -0.790. The van der Waals surface area contributed by atoms with Gasteiger partial charge in [0, 0.05) is 12.0 Å². The van der Waals surface area contributed by atoms with Crippen molar-refractivity contribution in [1.82, 2.24) is 0 Å². The lowest BCUT2D eigenvalue weighted by Crippen LogP contribution is -2.19. The van der Waals surface area contributed by atoms with E-state index in [1.165, 1.54) is 19.3 Å². The molecule has 0 unspecified atom stereocenters. The Balaban J connectivity index is 1.99. The fourth-order valence-electron chi connectivity index (χ4n) is 2.66. The van der Waals surface area contributed by atoms with Crippen LogP contribution in [-0.2, 0) is 9.53 Å². The first-order valence-corrected chi connectivity index (χ1v) is 5.37. The first kappa shape index (κ1) is 9.75. The van der Waals surface area contributed by atoms with Crippen LogP contribution in [0.5, 0.6) is 0 Å². The van der Waals surface area contributed by atoms with Crippen molar-refractivity contribution in [3.63, 3.8) is 0 Å². The molecule has 14 heavy (non-hydrogen) atoms. The number of hydrogen-bond acceptors (Lipinski definition) is 2. The summed E-state index contributed by atoms with van der Waals surface area (Å²) >= 11 is 0. The molecule has 2 aliphatic rings. The molecule has 2 fully saturated rings. The van der Waals surface area contributed by atoms with Gasteiger partial charge < -0.3 is 4.74 Å². The third-order valence-electron chi connectivity index (χ3n) is 3.53. The largest absolute Gasteiger partial charge is 0.458 e. The SMILES string of the molecule is C=C1C[C@@H]([C@H]2CCC(C)(C)C2)OC1=O. The molecule has 0 amide bonds. The predicted molar refractivity (Wildman–Crippen MR) is 54.8 cm³/mol. The number of cyclic esters (lactones) is 1. The Bertz CT molecular complexity index is 262. The molecule has 1 aliphatic heterocycles. The highest BCUT2D eigenvalue weighted by Gasteiger charge is 2.40. The number of carbonyl (C=O) groups is 1. The van der Waals surface area contributed by atoms with E-state index in [1.54, 1.807) is 0 Å². The summed E-state index contributed by atoms with van der Waals surface area (Å²) < 4.78 is 5.31. The molecule has 0 aromatic rings. The lowest BCUT2D eigenvalue weighted by atomic mass is 9.88. The minimum Gasteiger partial charge on any atom is -0.458 e. The monoisotopic (exact) mass is 194 g/mol. The molecule has 1 saturated heterocycles. The number of hydrogen-bond donors (Lipinski definition) is 0. The van der Waals surface area contributed by atoms with Crippen molar-refractivity contribution >= 4 is 5.97 Å². The van der Waals surface area contributed by atoms with Crippen LogP contribution in [0.4, 0.5) is 0 Å². The molecule has 0 aromatic carbocycles. The Kier molecular flexibility index (Phi) is 2.17. The van der Waals surface area contributed by atoms with Gasteiger partial charge in [-0.15, -0.1) is 0 Å². The van der Waals surface area contributed by atoms with E-state index < -0.39 is 0 Å². The van der Waals surface area contributed by atoms with E-state index in [1.807, 2.05) is 0 Å². The van der Waals surface area contributed by atoms with Gasteiger partial charge in [0.1, 0.15) is 6.10 Å². The van der Waals surface area contributed by atoms with E-state index in [2.05, 4.69) is 20.4 Å². The number of rotatable bonds is 1. The normalized spacial score (nSPS) is 36.1. The quantitative estimate of drug-likeness (QED) is 0.474. The third-order valence-corrected chi connectivity index (χ3v) is 3.53. The molecule has 2 atom stereocenters. The molecule has 2 heteroatoms. The average Bonchev–Trinajstić information content (AvgIpc) is 2.57. The summed E-state index contributed by atoms with van der Waals surface area (Å²) in [6, 6.07) is 0. The van der Waals surface area contributed by atoms with Gasteiger partial charge in [-0.05, 0) is 30.6 Å². The maximum Gasteiger partial charge on any atom is 0.333 e. The van der Waals surface area contributed by atoms with Gasteiger partial charge in [-0.1, -0.05) is 20.4 Å². The average molecular weight is 194 g/mol. The van der Waals surface area contributed by atoms with Crippen molar-refractivity contribution < 1.29 is 9.53 Å². The highest BCUT2D eigenvalue weighted by atomic mass is 16.5. The Morgan fingerprint density at radius 3 is 2.64 bits per heavy atom. The summed E-state index contributed by atoms with van der Waals surface area (Å²) in [6.45, 7) is 8.30. The molecule has 2 rings (SSSR count). The van der Waals surface area contributed by atoms with E-state index in [0.717, 1.165) is 6.42 Å². The molecule has 1 aliphatic carbocycles. The van der Waals surface area contributed by atoms with Crippen molar-refractivity contribution in [3.05, 3.63) is 12.2 Å². The van der Waals surface area contributed by atoms with Crippen LogP contribution < -0.4 is 0 Å². The van der Waals surface area contributed by atoms with Gasteiger partial charge in [0.2, 0.25) is 0 Å². The highest BCUT2D eigenvalue weighted by Crippen LogP contribution is 2.45. The van der Waals surface area contributed by atoms with Crippen molar-refractivity contribution in [3.8, 4) is 0 Å². The summed E-state index contributed by atoms with van der Waals surface area (Å²) in [6.07, 6.45) is 4.49. The molecule has 0 radical (unpaired) electrons. The molecule has 0 spiro atoms. The standard InChI is InChI=1S/C12H18O2/c1-8-6-10(14-11(8)13)9-4-5-12(2,3)7-9/h9-10H,1,4-7H2,2-3H3/t9-,10-/m0/s1. The number of carbonyl (C=O) groups excluding carboxylic acids is 1. The molecule has 78 valence electrons. The molecule has 0 bridgehead atoms. The first-order valence-electron chi connectivity index (χ1n) is 5.37. The predicted octanol–water partition coefficient (Wildman–Crippen LogP) is 2.68. The van der Waals surface area contributed by atoms with E-state index in [9.17, 15) is 4.79 Å². The summed E-state index contributed by atoms with van der Waals surface area (Å²) in [5, 5.41) is 0. The Morgan fingerprint density at radius 1 is 1.50 bits per heavy atom. The second-order valence-corrected chi connectivity index (χ2v) is 5.42. The van der Waals surface area contributed by atoms with E-state index in [0.29, 0.717) is 16.9 Å². The summed E-state index contributed by atoms with van der Waals surface area (Å²) in [5.41, 5.74) is 1.08. The van der Waals surface area contributed by atoms with Gasteiger partial charge >= 0.3 is 5.97 Å². The zero-order valence-electron chi connectivity index (χ0n) is 9.01. The zero-order valence-corrected chi connectivity index (χ0v) is 9.01. The van der Waals surface area contributed by atoms with Crippen LogP contribution in [-0.4, -0.2) is 12.1 Å². The van der Waals surface area contributed by atoms with Crippen LogP contribution in [0.15, 0.2) is 12.2 Å². The summed E-state index contributed by atoms with van der Waals surface area (Å²) in [7, 11) is 0. The second kappa shape index (κ2) is 3.11. The van der Waals surface area contributed by atoms with E-state index >= 15 is 0 Å². The van der Waals surface area contributed by atoms with Crippen LogP contribution in [0.2, 0.25) is 0 Å². The maximum absolute atomic E-state index is 11.2. The summed E-state index contributed by atoms with van der Waals surface area (Å²) in [4.78, 5) is 11.2. The van der Waals surface area contributed by atoms with Gasteiger partial charge in [0.05, 0.1) is 0 Å². The third kappa shape index (κ3) is 1.70. The van der Waals surface area contributed by atoms with Crippen molar-refractivity contribution in [2.24, 2.45) is 11.3 Å². The lowest BCUT2D eigenvalue weighted by Gasteiger charge is -2.20. The molecular weight excluding hydrogens is 176 g/mol. The minimum atomic E-state index is -0.181. The fraction of sp³-hybridized carbons (Fsp3) is 0.750. The van der Waals surface area contributed by atoms with Crippen LogP contribution in [0.1, 0.15) is 39.5 Å². The number of ether oxygens (including phenoxy) is 1. The second-order valence-electron chi connectivity index (χ2n) is 5.42. The van der Waals surface area contributed by atoms with Crippen LogP contribution in [0.25, 0.3) is 0 Å². The molecule has 1 saturated carbocycles. The van der Waals surface area contributed by atoms with Crippen molar-refractivity contribution in [1.29, 1.82) is 0 Å². The zero-order chi connectivity index (χ0) is 10.3. The Labute approximate surface area is 85.3 Å². The van der Waals surface area contributed by atoms with E-state index in [4.69, 9.17) is 4.74 Å². The molecule has 0 N–H and O–H groups in total. The van der Waals surface area contributed by atoms with Crippen molar-refractivity contribution in [2.45, 2.75) is 45.6 Å². The lowest BCUT2D eigenvalue weighted by molar-refractivity contribution is -0.140. The molecule has 2 nitrogen and oxygen atoms in total. The summed E-state index contributed by atoms with van der Waals surface area (Å²) in [5.74, 6) is 0.382. The van der Waals surface area contributed by atoms with Crippen LogP contribution in [0.3, 0.4) is 0 Å². The molecule has 1 heterocycles. The van der Waals surface area contributed by atoms with Gasteiger partial charge in [-0.25, -0.2) is 4.79 Å². The molecular formula is C12H18O2. The molecule has 0 aromatic heterocycles. The highest BCUT2D eigenvalue weighted by molar-refractivity contribution is 5.89. The van der Waals surface area contributed by atoms with Gasteiger partial charge in [-0.3, -0.25) is 0 Å². The van der Waals surface area contributed by atoms with E-state index in [-0.39, 0.29) is 12.1 Å². The minimum absolute atomic E-state index is 0.122. The first-order chi connectivity index (χ1) is 6.48. The topological polar surface area (TPSA) is 26.3 Å². The van der Waals surface area contributed by atoms with Gasteiger partial charge in [-0.2, -0.15) is 0 Å². The maximum atomic E-state index is 11.2. The van der Waals surface area contributed by atoms with Gasteiger partial charge in [0.25, 0.3) is 0 Å². The smallest absolute Gasteiger partial charge is 0.333 e.